The molecule has 0 fully saturated rings. The molecule has 0 spiro atoms. The SMILES string of the molecule is CC(N)c1ccc(S(=O)(=O)N(C)c2cccnc2)cc1. The number of hydrogen-bond acceptors (Lipinski definition) is 4. The van der Waals surface area contributed by atoms with E-state index < -0.39 is 10.0 Å². The Morgan fingerprint density at radius 2 is 1.85 bits per heavy atom. The van der Waals surface area contributed by atoms with Gasteiger partial charge in [0.15, 0.2) is 0 Å². The summed E-state index contributed by atoms with van der Waals surface area (Å²) in [6.07, 6.45) is 3.11. The van der Waals surface area contributed by atoms with Gasteiger partial charge in [-0.25, -0.2) is 8.42 Å². The van der Waals surface area contributed by atoms with E-state index >= 15 is 0 Å². The number of anilines is 1. The van der Waals surface area contributed by atoms with Crippen molar-refractivity contribution in [1.29, 1.82) is 0 Å². The van der Waals surface area contributed by atoms with E-state index in [1.807, 2.05) is 6.92 Å². The highest BCUT2D eigenvalue weighted by Gasteiger charge is 2.21. The Morgan fingerprint density at radius 1 is 1.20 bits per heavy atom. The molecule has 0 radical (unpaired) electrons. The zero-order valence-electron chi connectivity index (χ0n) is 11.4. The van der Waals surface area contributed by atoms with Crippen molar-refractivity contribution in [2.24, 2.45) is 5.73 Å². The van der Waals surface area contributed by atoms with E-state index in [4.69, 9.17) is 5.73 Å². The summed E-state index contributed by atoms with van der Waals surface area (Å²) in [7, 11) is -2.08. The van der Waals surface area contributed by atoms with Crippen molar-refractivity contribution in [3.8, 4) is 0 Å². The second kappa shape index (κ2) is 5.60. The van der Waals surface area contributed by atoms with Gasteiger partial charge in [-0.3, -0.25) is 9.29 Å². The minimum absolute atomic E-state index is 0.122. The van der Waals surface area contributed by atoms with E-state index in [1.165, 1.54) is 17.5 Å². The van der Waals surface area contributed by atoms with Gasteiger partial charge >= 0.3 is 0 Å². The van der Waals surface area contributed by atoms with Crippen molar-refractivity contribution in [3.05, 3.63) is 54.4 Å². The molecule has 1 heterocycles. The number of nitrogens with two attached hydrogens (primary N) is 1. The van der Waals surface area contributed by atoms with Gasteiger partial charge in [-0.05, 0) is 36.8 Å². The summed E-state index contributed by atoms with van der Waals surface area (Å²) in [5, 5.41) is 0. The highest BCUT2D eigenvalue weighted by molar-refractivity contribution is 7.92. The number of benzene rings is 1. The number of rotatable bonds is 4. The van der Waals surface area contributed by atoms with E-state index in [2.05, 4.69) is 4.98 Å². The van der Waals surface area contributed by atoms with Gasteiger partial charge in [-0.2, -0.15) is 0 Å². The minimum atomic E-state index is -3.58. The molecular formula is C14H17N3O2S. The molecule has 106 valence electrons. The first kappa shape index (κ1) is 14.5. The molecule has 0 saturated carbocycles. The standard InChI is InChI=1S/C14H17N3O2S/c1-11(15)12-5-7-14(8-6-12)20(18,19)17(2)13-4-3-9-16-10-13/h3-11H,15H2,1-2H3. The molecule has 0 aliphatic rings. The lowest BCUT2D eigenvalue weighted by atomic mass is 10.1. The summed E-state index contributed by atoms with van der Waals surface area (Å²) < 4.78 is 26.2. The van der Waals surface area contributed by atoms with Crippen LogP contribution in [0.25, 0.3) is 0 Å². The van der Waals surface area contributed by atoms with E-state index in [1.54, 1.807) is 42.6 Å². The van der Waals surface area contributed by atoms with Gasteiger partial charge in [0.1, 0.15) is 0 Å². The van der Waals surface area contributed by atoms with Crippen molar-refractivity contribution in [2.75, 3.05) is 11.4 Å². The third-order valence-corrected chi connectivity index (χ3v) is 4.87. The van der Waals surface area contributed by atoms with Crippen LogP contribution in [0.2, 0.25) is 0 Å². The summed E-state index contributed by atoms with van der Waals surface area (Å²) >= 11 is 0. The maximum Gasteiger partial charge on any atom is 0.264 e. The Labute approximate surface area is 119 Å². The zero-order chi connectivity index (χ0) is 14.8. The summed E-state index contributed by atoms with van der Waals surface area (Å²) in [5.74, 6) is 0. The highest BCUT2D eigenvalue weighted by Crippen LogP contribution is 2.22. The highest BCUT2D eigenvalue weighted by atomic mass is 32.2. The average molecular weight is 291 g/mol. The quantitative estimate of drug-likeness (QED) is 0.933. The molecule has 20 heavy (non-hydrogen) atoms. The second-order valence-corrected chi connectivity index (χ2v) is 6.51. The molecule has 6 heteroatoms. The third kappa shape index (κ3) is 2.81. The maximum atomic E-state index is 12.5. The summed E-state index contributed by atoms with van der Waals surface area (Å²) in [6.45, 7) is 1.85. The Hall–Kier alpha value is -1.92. The van der Waals surface area contributed by atoms with Crippen LogP contribution in [-0.2, 0) is 10.0 Å². The van der Waals surface area contributed by atoms with Crippen LogP contribution in [0.15, 0.2) is 53.7 Å². The lowest BCUT2D eigenvalue weighted by Crippen LogP contribution is -2.26. The van der Waals surface area contributed by atoms with Gasteiger partial charge in [0, 0.05) is 19.3 Å². The normalized spacial score (nSPS) is 12.9. The lowest BCUT2D eigenvalue weighted by Gasteiger charge is -2.19. The Balaban J connectivity index is 2.35. The first-order valence-corrected chi connectivity index (χ1v) is 7.61. The molecule has 2 aromatic rings. The summed E-state index contributed by atoms with van der Waals surface area (Å²) in [4.78, 5) is 4.16. The van der Waals surface area contributed by atoms with Crippen molar-refractivity contribution in [3.63, 3.8) is 0 Å². The van der Waals surface area contributed by atoms with E-state index in [0.29, 0.717) is 5.69 Å². The number of hydrogen-bond donors (Lipinski definition) is 1. The number of aromatic nitrogens is 1. The fraction of sp³-hybridized carbons (Fsp3) is 0.214. The topological polar surface area (TPSA) is 76.3 Å². The molecule has 2 rings (SSSR count). The predicted molar refractivity (Wildman–Crippen MR) is 78.9 cm³/mol. The van der Waals surface area contributed by atoms with Gasteiger partial charge in [-0.15, -0.1) is 0 Å². The Kier molecular flexibility index (Phi) is 4.06. The monoisotopic (exact) mass is 291 g/mol. The molecule has 0 bridgehead atoms. The second-order valence-electron chi connectivity index (χ2n) is 4.54. The molecule has 1 unspecified atom stereocenters. The average Bonchev–Trinajstić information content (AvgIpc) is 2.47. The molecule has 0 aliphatic heterocycles. The van der Waals surface area contributed by atoms with E-state index in [9.17, 15) is 8.42 Å². The molecule has 0 saturated heterocycles. The maximum absolute atomic E-state index is 12.5. The van der Waals surface area contributed by atoms with Gasteiger partial charge < -0.3 is 5.73 Å². The van der Waals surface area contributed by atoms with Crippen molar-refractivity contribution in [2.45, 2.75) is 17.9 Å². The van der Waals surface area contributed by atoms with Crippen molar-refractivity contribution >= 4 is 15.7 Å². The van der Waals surface area contributed by atoms with Crippen LogP contribution >= 0.6 is 0 Å². The number of nitrogens with zero attached hydrogens (tertiary/aromatic N) is 2. The van der Waals surface area contributed by atoms with E-state index in [-0.39, 0.29) is 10.9 Å². The third-order valence-electron chi connectivity index (χ3n) is 3.07. The Bertz CT molecular complexity index is 667. The van der Waals surface area contributed by atoms with Crippen molar-refractivity contribution < 1.29 is 8.42 Å². The van der Waals surface area contributed by atoms with Gasteiger partial charge in [0.05, 0.1) is 16.8 Å². The lowest BCUT2D eigenvalue weighted by molar-refractivity contribution is 0.594. The van der Waals surface area contributed by atoms with Gasteiger partial charge in [-0.1, -0.05) is 12.1 Å². The van der Waals surface area contributed by atoms with Crippen LogP contribution in [0.3, 0.4) is 0 Å². The van der Waals surface area contributed by atoms with Crippen LogP contribution in [0.5, 0.6) is 0 Å². The molecule has 0 aliphatic carbocycles. The molecule has 1 aromatic heterocycles. The summed E-state index contributed by atoms with van der Waals surface area (Å²) in [6, 6.07) is 9.87. The van der Waals surface area contributed by atoms with Gasteiger partial charge in [0.2, 0.25) is 0 Å². The molecule has 2 N–H and O–H groups in total. The molecule has 1 aromatic carbocycles. The first-order chi connectivity index (χ1) is 9.43. The fourth-order valence-corrected chi connectivity index (χ4v) is 2.96. The molecule has 1 atom stereocenters. The van der Waals surface area contributed by atoms with E-state index in [0.717, 1.165) is 5.56 Å². The molecular weight excluding hydrogens is 274 g/mol. The van der Waals surface area contributed by atoms with Gasteiger partial charge in [0.25, 0.3) is 10.0 Å². The van der Waals surface area contributed by atoms with Crippen LogP contribution in [0.1, 0.15) is 18.5 Å². The Morgan fingerprint density at radius 3 is 2.35 bits per heavy atom. The first-order valence-electron chi connectivity index (χ1n) is 6.17. The number of sulfonamides is 1. The van der Waals surface area contributed by atoms with Crippen LogP contribution in [-0.4, -0.2) is 20.4 Å². The van der Waals surface area contributed by atoms with Crippen LogP contribution in [0.4, 0.5) is 5.69 Å². The van der Waals surface area contributed by atoms with Crippen molar-refractivity contribution in [1.82, 2.24) is 4.98 Å². The predicted octanol–water partition coefficient (Wildman–Crippen LogP) is 1.93. The largest absolute Gasteiger partial charge is 0.324 e. The zero-order valence-corrected chi connectivity index (χ0v) is 12.2. The summed E-state index contributed by atoms with van der Waals surface area (Å²) in [5.41, 5.74) is 7.17. The minimum Gasteiger partial charge on any atom is -0.324 e. The molecule has 5 nitrogen and oxygen atoms in total. The van der Waals surface area contributed by atoms with Crippen LogP contribution in [0, 0.1) is 0 Å². The van der Waals surface area contributed by atoms with Crippen LogP contribution < -0.4 is 10.0 Å². The fourth-order valence-electron chi connectivity index (χ4n) is 1.78. The molecule has 0 amide bonds. The number of pyridine rings is 1. The smallest absolute Gasteiger partial charge is 0.264 e.